The molecular weight excluding hydrogens is 372 g/mol. The van der Waals surface area contributed by atoms with Crippen molar-refractivity contribution in [3.8, 4) is 0 Å². The summed E-state index contributed by atoms with van der Waals surface area (Å²) in [5.74, 6) is -0.0632. The van der Waals surface area contributed by atoms with E-state index in [9.17, 15) is 13.2 Å². The summed E-state index contributed by atoms with van der Waals surface area (Å²) in [6, 6.07) is 13.9. The summed E-state index contributed by atoms with van der Waals surface area (Å²) in [6.45, 7) is 1.91. The predicted octanol–water partition coefficient (Wildman–Crippen LogP) is 3.89. The van der Waals surface area contributed by atoms with Crippen LogP contribution in [0.4, 0.5) is 5.69 Å². The number of fused-ring (bicyclic) bond motifs is 1. The molecule has 1 atom stereocenters. The van der Waals surface area contributed by atoms with Gasteiger partial charge in [-0.25, -0.2) is 8.42 Å². The van der Waals surface area contributed by atoms with Crippen molar-refractivity contribution in [1.82, 2.24) is 5.32 Å². The van der Waals surface area contributed by atoms with Crippen molar-refractivity contribution in [3.05, 3.63) is 59.7 Å². The van der Waals surface area contributed by atoms with Crippen LogP contribution in [0.15, 0.2) is 53.4 Å². The van der Waals surface area contributed by atoms with Crippen molar-refractivity contribution < 1.29 is 13.2 Å². The van der Waals surface area contributed by atoms with Gasteiger partial charge < -0.3 is 5.32 Å². The van der Waals surface area contributed by atoms with E-state index in [2.05, 4.69) is 5.32 Å². The summed E-state index contributed by atoms with van der Waals surface area (Å²) in [6.07, 6.45) is 6.26. The molecule has 1 N–H and O–H groups in total. The maximum atomic E-state index is 13.1. The highest BCUT2D eigenvalue weighted by atomic mass is 32.2. The van der Waals surface area contributed by atoms with Gasteiger partial charge in [-0.3, -0.25) is 9.10 Å². The monoisotopic (exact) mass is 398 g/mol. The van der Waals surface area contributed by atoms with Crippen LogP contribution in [0, 0.1) is 0 Å². The molecule has 1 aliphatic carbocycles. The standard InChI is InChI=1S/C22H26N2O3S/c1-16-14-18-15-17(22(25)23-19-8-4-2-5-9-19)12-13-21(18)24(16)28(26,27)20-10-6-3-7-11-20/h3,6-7,10-13,15-16,19H,2,4-5,8-9,14H2,1H3,(H,23,25)/t16-/m0/s1. The summed E-state index contributed by atoms with van der Waals surface area (Å²) in [4.78, 5) is 12.9. The Labute approximate surface area is 166 Å². The lowest BCUT2D eigenvalue weighted by Gasteiger charge is -2.24. The molecule has 6 heteroatoms. The Kier molecular flexibility index (Phi) is 5.15. The summed E-state index contributed by atoms with van der Waals surface area (Å²) >= 11 is 0. The third-order valence-corrected chi connectivity index (χ3v) is 7.68. The molecule has 1 amide bonds. The van der Waals surface area contributed by atoms with E-state index in [0.717, 1.165) is 18.4 Å². The second kappa shape index (κ2) is 7.59. The number of nitrogens with one attached hydrogen (secondary N) is 1. The van der Waals surface area contributed by atoms with Gasteiger partial charge in [-0.15, -0.1) is 0 Å². The van der Waals surface area contributed by atoms with Crippen LogP contribution in [-0.2, 0) is 16.4 Å². The Hall–Kier alpha value is -2.34. The van der Waals surface area contributed by atoms with Crippen LogP contribution < -0.4 is 9.62 Å². The summed E-state index contributed by atoms with van der Waals surface area (Å²) < 4.78 is 27.8. The Morgan fingerprint density at radius 3 is 2.46 bits per heavy atom. The number of nitrogens with zero attached hydrogens (tertiary/aromatic N) is 1. The summed E-state index contributed by atoms with van der Waals surface area (Å²) in [7, 11) is -3.62. The van der Waals surface area contributed by atoms with E-state index < -0.39 is 10.0 Å². The molecule has 1 heterocycles. The average molecular weight is 399 g/mol. The van der Waals surface area contributed by atoms with Gasteiger partial charge in [0.25, 0.3) is 15.9 Å². The fourth-order valence-corrected chi connectivity index (χ4v) is 6.05. The van der Waals surface area contributed by atoms with E-state index in [1.54, 1.807) is 42.5 Å². The Bertz CT molecular complexity index is 967. The predicted molar refractivity (Wildman–Crippen MR) is 110 cm³/mol. The zero-order valence-electron chi connectivity index (χ0n) is 16.1. The number of hydrogen-bond donors (Lipinski definition) is 1. The Balaban J connectivity index is 1.59. The minimum atomic E-state index is -3.62. The molecule has 5 nitrogen and oxygen atoms in total. The maximum absolute atomic E-state index is 13.1. The molecule has 28 heavy (non-hydrogen) atoms. The normalized spacial score (nSPS) is 20.0. The average Bonchev–Trinajstić information content (AvgIpc) is 3.05. The zero-order valence-corrected chi connectivity index (χ0v) is 16.9. The van der Waals surface area contributed by atoms with Gasteiger partial charge in [0.1, 0.15) is 0 Å². The smallest absolute Gasteiger partial charge is 0.264 e. The Morgan fingerprint density at radius 2 is 1.75 bits per heavy atom. The molecule has 2 aliphatic rings. The summed E-state index contributed by atoms with van der Waals surface area (Å²) in [5.41, 5.74) is 2.18. The molecule has 4 rings (SSSR count). The topological polar surface area (TPSA) is 66.5 Å². The van der Waals surface area contributed by atoms with Crippen molar-refractivity contribution in [2.75, 3.05) is 4.31 Å². The van der Waals surface area contributed by atoms with Crippen molar-refractivity contribution >= 4 is 21.6 Å². The highest BCUT2D eigenvalue weighted by molar-refractivity contribution is 7.92. The van der Waals surface area contributed by atoms with Crippen LogP contribution in [0.5, 0.6) is 0 Å². The molecule has 0 bridgehead atoms. The second-order valence-corrected chi connectivity index (χ2v) is 9.63. The first-order valence-corrected chi connectivity index (χ1v) is 11.4. The van der Waals surface area contributed by atoms with Gasteiger partial charge in [0.05, 0.1) is 10.6 Å². The van der Waals surface area contributed by atoms with Crippen LogP contribution in [0.3, 0.4) is 0 Å². The minimum Gasteiger partial charge on any atom is -0.349 e. The molecule has 0 saturated heterocycles. The zero-order chi connectivity index (χ0) is 19.7. The SMILES string of the molecule is C[C@H]1Cc2cc(C(=O)NC3CCCCC3)ccc2N1S(=O)(=O)c1ccccc1. The number of hydrogen-bond acceptors (Lipinski definition) is 3. The van der Waals surface area contributed by atoms with Crippen LogP contribution in [-0.4, -0.2) is 26.4 Å². The molecule has 0 unspecified atom stereocenters. The largest absolute Gasteiger partial charge is 0.349 e. The first-order valence-electron chi connectivity index (χ1n) is 10.00. The highest BCUT2D eigenvalue weighted by Gasteiger charge is 2.36. The number of amides is 1. The Morgan fingerprint density at radius 1 is 1.04 bits per heavy atom. The van der Waals surface area contributed by atoms with Crippen molar-refractivity contribution in [3.63, 3.8) is 0 Å². The molecule has 1 fully saturated rings. The number of anilines is 1. The van der Waals surface area contributed by atoms with E-state index in [4.69, 9.17) is 0 Å². The molecular formula is C22H26N2O3S. The minimum absolute atomic E-state index is 0.0632. The number of sulfonamides is 1. The van der Waals surface area contributed by atoms with Gasteiger partial charge in [0, 0.05) is 17.6 Å². The summed E-state index contributed by atoms with van der Waals surface area (Å²) in [5, 5.41) is 3.13. The van der Waals surface area contributed by atoms with Gasteiger partial charge in [-0.2, -0.15) is 0 Å². The third kappa shape index (κ3) is 3.53. The van der Waals surface area contributed by atoms with E-state index in [0.29, 0.717) is 17.7 Å². The highest BCUT2D eigenvalue weighted by Crippen LogP contribution is 2.37. The second-order valence-electron chi connectivity index (χ2n) is 7.82. The molecule has 1 saturated carbocycles. The van der Waals surface area contributed by atoms with E-state index in [1.807, 2.05) is 13.0 Å². The molecule has 0 radical (unpaired) electrons. The lowest BCUT2D eigenvalue weighted by molar-refractivity contribution is 0.0927. The quantitative estimate of drug-likeness (QED) is 0.850. The van der Waals surface area contributed by atoms with Crippen molar-refractivity contribution in [1.29, 1.82) is 0 Å². The number of benzene rings is 2. The fraction of sp³-hybridized carbons (Fsp3) is 0.409. The molecule has 0 spiro atoms. The molecule has 2 aromatic carbocycles. The maximum Gasteiger partial charge on any atom is 0.264 e. The van der Waals surface area contributed by atoms with Crippen LogP contribution in [0.25, 0.3) is 0 Å². The lowest BCUT2D eigenvalue weighted by atomic mass is 9.95. The van der Waals surface area contributed by atoms with Crippen molar-refractivity contribution in [2.24, 2.45) is 0 Å². The van der Waals surface area contributed by atoms with Gasteiger partial charge in [-0.05, 0) is 62.1 Å². The lowest BCUT2D eigenvalue weighted by Crippen LogP contribution is -2.36. The molecule has 1 aliphatic heterocycles. The van der Waals surface area contributed by atoms with Gasteiger partial charge in [0.15, 0.2) is 0 Å². The first-order chi connectivity index (χ1) is 13.5. The van der Waals surface area contributed by atoms with Gasteiger partial charge in [-0.1, -0.05) is 37.5 Å². The van der Waals surface area contributed by atoms with Crippen LogP contribution >= 0.6 is 0 Å². The number of carbonyl (C=O) groups is 1. The fourth-order valence-electron chi connectivity index (χ4n) is 4.33. The molecule has 0 aromatic heterocycles. The van der Waals surface area contributed by atoms with Gasteiger partial charge >= 0.3 is 0 Å². The van der Waals surface area contributed by atoms with Gasteiger partial charge in [0.2, 0.25) is 0 Å². The van der Waals surface area contributed by atoms with E-state index in [-0.39, 0.29) is 22.9 Å². The third-order valence-electron chi connectivity index (χ3n) is 5.74. The van der Waals surface area contributed by atoms with Crippen molar-refractivity contribution in [2.45, 2.75) is 62.4 Å². The van der Waals surface area contributed by atoms with E-state index >= 15 is 0 Å². The van der Waals surface area contributed by atoms with Crippen LogP contribution in [0.2, 0.25) is 0 Å². The number of carbonyl (C=O) groups excluding carboxylic acids is 1. The molecule has 148 valence electrons. The van der Waals surface area contributed by atoms with Crippen LogP contribution in [0.1, 0.15) is 54.9 Å². The number of rotatable bonds is 4. The molecule has 2 aromatic rings. The van der Waals surface area contributed by atoms with E-state index in [1.165, 1.54) is 23.6 Å². The first kappa shape index (κ1) is 19.0.